The molecule has 4 nitrogen and oxygen atoms in total. The van der Waals surface area contributed by atoms with Crippen molar-refractivity contribution in [2.45, 2.75) is 13.3 Å². The van der Waals surface area contributed by atoms with Crippen molar-refractivity contribution in [3.05, 3.63) is 23.2 Å². The molecule has 1 aliphatic rings. The van der Waals surface area contributed by atoms with E-state index in [-0.39, 0.29) is 5.41 Å². The van der Waals surface area contributed by atoms with Crippen LogP contribution >= 0.6 is 11.6 Å². The van der Waals surface area contributed by atoms with Crippen molar-refractivity contribution in [3.8, 4) is 5.75 Å². The number of ether oxygens (including phenoxy) is 3. The van der Waals surface area contributed by atoms with Gasteiger partial charge in [-0.2, -0.15) is 0 Å². The van der Waals surface area contributed by atoms with Gasteiger partial charge in [-0.3, -0.25) is 0 Å². The molecule has 1 saturated heterocycles. The van der Waals surface area contributed by atoms with Crippen molar-refractivity contribution >= 4 is 17.3 Å². The lowest BCUT2D eigenvalue weighted by Gasteiger charge is -2.27. The van der Waals surface area contributed by atoms with Crippen LogP contribution in [0.4, 0.5) is 5.69 Å². The van der Waals surface area contributed by atoms with Gasteiger partial charge in [-0.15, -0.1) is 0 Å². The second kappa shape index (κ2) is 7.16. The normalized spacial score (nSPS) is 21.9. The highest BCUT2D eigenvalue weighted by Gasteiger charge is 2.35. The fraction of sp³-hybridized carbons (Fsp3) is 0.600. The van der Waals surface area contributed by atoms with Crippen molar-refractivity contribution < 1.29 is 14.2 Å². The number of hydrogen-bond acceptors (Lipinski definition) is 4. The van der Waals surface area contributed by atoms with Crippen molar-refractivity contribution in [1.29, 1.82) is 0 Å². The molecule has 1 heterocycles. The third kappa shape index (κ3) is 3.78. The number of nitrogens with one attached hydrogen (secondary N) is 1. The smallest absolute Gasteiger partial charge is 0.121 e. The van der Waals surface area contributed by atoms with Gasteiger partial charge in [0.2, 0.25) is 0 Å². The van der Waals surface area contributed by atoms with E-state index in [2.05, 4.69) is 5.32 Å². The maximum absolute atomic E-state index is 6.22. The van der Waals surface area contributed by atoms with Crippen LogP contribution in [0.5, 0.6) is 5.75 Å². The maximum atomic E-state index is 6.22. The number of benzene rings is 1. The van der Waals surface area contributed by atoms with Gasteiger partial charge in [-0.1, -0.05) is 11.6 Å². The molecule has 0 amide bonds. The van der Waals surface area contributed by atoms with Gasteiger partial charge in [0.25, 0.3) is 0 Å². The summed E-state index contributed by atoms with van der Waals surface area (Å²) in [6.45, 7) is 5.57. The van der Waals surface area contributed by atoms with Crippen LogP contribution in [-0.4, -0.2) is 40.1 Å². The summed E-state index contributed by atoms with van der Waals surface area (Å²) in [5, 5.41) is 4.10. The molecule has 1 aliphatic heterocycles. The Morgan fingerprint density at radius 2 is 2.30 bits per heavy atom. The molecule has 5 heteroatoms. The average molecular weight is 300 g/mol. The van der Waals surface area contributed by atoms with E-state index in [1.807, 2.05) is 25.1 Å². The Morgan fingerprint density at radius 3 is 2.95 bits per heavy atom. The molecule has 1 atom stereocenters. The van der Waals surface area contributed by atoms with Gasteiger partial charge in [0.15, 0.2) is 0 Å². The third-order valence-corrected chi connectivity index (χ3v) is 3.87. The predicted molar refractivity (Wildman–Crippen MR) is 80.9 cm³/mol. The molecule has 1 unspecified atom stereocenters. The number of anilines is 1. The Kier molecular flexibility index (Phi) is 5.52. The van der Waals surface area contributed by atoms with Crippen LogP contribution in [0.25, 0.3) is 0 Å². The molecule has 1 fully saturated rings. The zero-order chi connectivity index (χ0) is 14.4. The zero-order valence-electron chi connectivity index (χ0n) is 12.1. The zero-order valence-corrected chi connectivity index (χ0v) is 12.8. The van der Waals surface area contributed by atoms with E-state index in [1.165, 1.54) is 0 Å². The lowest BCUT2D eigenvalue weighted by atomic mass is 9.88. The van der Waals surface area contributed by atoms with Crippen LogP contribution in [0.1, 0.15) is 13.3 Å². The molecule has 0 aromatic heterocycles. The van der Waals surface area contributed by atoms with Crippen LogP contribution in [0, 0.1) is 5.41 Å². The first-order valence-corrected chi connectivity index (χ1v) is 7.30. The van der Waals surface area contributed by atoms with Gasteiger partial charge in [-0.25, -0.2) is 0 Å². The van der Waals surface area contributed by atoms with Crippen molar-refractivity contribution in [2.24, 2.45) is 5.41 Å². The second-order valence-electron chi connectivity index (χ2n) is 5.16. The Labute approximate surface area is 125 Å². The van der Waals surface area contributed by atoms with Crippen molar-refractivity contribution in [1.82, 2.24) is 0 Å². The fourth-order valence-corrected chi connectivity index (χ4v) is 2.62. The maximum Gasteiger partial charge on any atom is 0.121 e. The Morgan fingerprint density at radius 1 is 1.45 bits per heavy atom. The molecule has 1 N–H and O–H groups in total. The lowest BCUT2D eigenvalue weighted by molar-refractivity contribution is 0.0710. The number of hydrogen-bond donors (Lipinski definition) is 1. The van der Waals surface area contributed by atoms with Crippen molar-refractivity contribution in [2.75, 3.05) is 45.4 Å². The van der Waals surface area contributed by atoms with Gasteiger partial charge in [0, 0.05) is 31.7 Å². The van der Waals surface area contributed by atoms with E-state index in [0.29, 0.717) is 18.2 Å². The van der Waals surface area contributed by atoms with E-state index in [9.17, 15) is 0 Å². The number of halogens is 1. The van der Waals surface area contributed by atoms with Gasteiger partial charge < -0.3 is 19.5 Å². The fourth-order valence-electron chi connectivity index (χ4n) is 2.44. The Balaban J connectivity index is 2.03. The predicted octanol–water partition coefficient (Wildman–Crippen LogP) is 3.20. The molecule has 20 heavy (non-hydrogen) atoms. The van der Waals surface area contributed by atoms with Crippen LogP contribution in [0.3, 0.4) is 0 Å². The molecular formula is C15H22ClNO3. The molecule has 1 aromatic rings. The quantitative estimate of drug-likeness (QED) is 0.839. The average Bonchev–Trinajstić information content (AvgIpc) is 2.89. The highest BCUT2D eigenvalue weighted by molar-refractivity contribution is 6.33. The van der Waals surface area contributed by atoms with E-state index >= 15 is 0 Å². The standard InChI is InChI=1S/C15H22ClNO3/c1-3-20-12-4-5-13(16)14(8-12)17-9-15(10-18-2)6-7-19-11-15/h4-5,8,17H,3,6-7,9-11H2,1-2H3. The number of rotatable bonds is 7. The van der Waals surface area contributed by atoms with Crippen molar-refractivity contribution in [3.63, 3.8) is 0 Å². The largest absolute Gasteiger partial charge is 0.494 e. The van der Waals surface area contributed by atoms with E-state index < -0.39 is 0 Å². The molecular weight excluding hydrogens is 278 g/mol. The SMILES string of the molecule is CCOc1ccc(Cl)c(NCC2(COC)CCOC2)c1. The summed E-state index contributed by atoms with van der Waals surface area (Å²) >= 11 is 6.22. The molecule has 2 rings (SSSR count). The minimum absolute atomic E-state index is 0.0275. The van der Waals surface area contributed by atoms with Crippen LogP contribution in [-0.2, 0) is 9.47 Å². The minimum Gasteiger partial charge on any atom is -0.494 e. The van der Waals surface area contributed by atoms with E-state index in [0.717, 1.165) is 37.6 Å². The Bertz CT molecular complexity index is 433. The monoisotopic (exact) mass is 299 g/mol. The highest BCUT2D eigenvalue weighted by atomic mass is 35.5. The molecule has 0 aliphatic carbocycles. The summed E-state index contributed by atoms with van der Waals surface area (Å²) in [5.74, 6) is 0.822. The molecule has 1 aromatic carbocycles. The lowest BCUT2D eigenvalue weighted by Crippen LogP contribution is -2.34. The first-order chi connectivity index (χ1) is 9.69. The first-order valence-electron chi connectivity index (χ1n) is 6.92. The summed E-state index contributed by atoms with van der Waals surface area (Å²) in [4.78, 5) is 0. The third-order valence-electron chi connectivity index (χ3n) is 3.54. The van der Waals surface area contributed by atoms with Gasteiger partial charge >= 0.3 is 0 Å². The molecule has 0 bridgehead atoms. The van der Waals surface area contributed by atoms with E-state index in [1.54, 1.807) is 7.11 Å². The molecule has 0 spiro atoms. The summed E-state index contributed by atoms with van der Waals surface area (Å²) in [5.41, 5.74) is 0.916. The Hall–Kier alpha value is -0.970. The molecule has 0 radical (unpaired) electrons. The van der Waals surface area contributed by atoms with Crippen LogP contribution in [0.15, 0.2) is 18.2 Å². The minimum atomic E-state index is 0.0275. The van der Waals surface area contributed by atoms with Gasteiger partial charge in [0.1, 0.15) is 5.75 Å². The van der Waals surface area contributed by atoms with Gasteiger partial charge in [-0.05, 0) is 25.5 Å². The second-order valence-corrected chi connectivity index (χ2v) is 5.57. The summed E-state index contributed by atoms with van der Waals surface area (Å²) in [6, 6.07) is 5.66. The summed E-state index contributed by atoms with van der Waals surface area (Å²) in [7, 11) is 1.72. The number of methoxy groups -OCH3 is 1. The summed E-state index contributed by atoms with van der Waals surface area (Å²) < 4.78 is 16.3. The van der Waals surface area contributed by atoms with Crippen LogP contribution in [0.2, 0.25) is 5.02 Å². The highest BCUT2D eigenvalue weighted by Crippen LogP contribution is 2.32. The molecule has 0 saturated carbocycles. The summed E-state index contributed by atoms with van der Waals surface area (Å²) in [6.07, 6.45) is 0.997. The van der Waals surface area contributed by atoms with Crippen LogP contribution < -0.4 is 10.1 Å². The first kappa shape index (κ1) is 15.4. The van der Waals surface area contributed by atoms with E-state index in [4.69, 9.17) is 25.8 Å². The topological polar surface area (TPSA) is 39.7 Å². The molecule has 112 valence electrons. The van der Waals surface area contributed by atoms with Gasteiger partial charge in [0.05, 0.1) is 30.5 Å².